The first kappa shape index (κ1) is 17.3. The lowest BCUT2D eigenvalue weighted by atomic mass is 10.2. The van der Waals surface area contributed by atoms with E-state index in [-0.39, 0.29) is 24.2 Å². The van der Waals surface area contributed by atoms with Gasteiger partial charge in [0.05, 0.1) is 11.0 Å². The number of likely N-dealkylation sites (tertiary alicyclic amines) is 1. The Hall–Kier alpha value is -2.48. The third-order valence-electron chi connectivity index (χ3n) is 4.44. The lowest BCUT2D eigenvalue weighted by Gasteiger charge is -2.22. The Morgan fingerprint density at radius 1 is 1.44 bits per heavy atom. The first-order valence-corrected chi connectivity index (χ1v) is 8.23. The lowest BCUT2D eigenvalue weighted by Crippen LogP contribution is -2.43. The maximum absolute atomic E-state index is 13.4. The van der Waals surface area contributed by atoms with E-state index in [0.717, 1.165) is 12.8 Å². The average Bonchev–Trinajstić information content (AvgIpc) is 2.77. The fourth-order valence-corrected chi connectivity index (χ4v) is 3.06. The predicted octanol–water partition coefficient (Wildman–Crippen LogP) is 1.68. The van der Waals surface area contributed by atoms with Crippen molar-refractivity contribution in [1.82, 2.24) is 14.5 Å². The minimum absolute atomic E-state index is 0.0593. The number of carbonyl (C=O) groups is 2. The van der Waals surface area contributed by atoms with Gasteiger partial charge in [-0.3, -0.25) is 14.9 Å². The number of benzene rings is 1. The SMILES string of the molecule is COC1CCCCN(CC(=O)Nc2nc3ccc(F)cc3n2C)C1=O. The summed E-state index contributed by atoms with van der Waals surface area (Å²) in [7, 11) is 3.20. The van der Waals surface area contributed by atoms with E-state index in [9.17, 15) is 14.0 Å². The molecule has 1 saturated heterocycles. The summed E-state index contributed by atoms with van der Waals surface area (Å²) in [6.45, 7) is 0.468. The molecule has 0 radical (unpaired) electrons. The van der Waals surface area contributed by atoms with Crippen LogP contribution in [0.15, 0.2) is 18.2 Å². The van der Waals surface area contributed by atoms with E-state index in [1.165, 1.54) is 24.1 Å². The highest BCUT2D eigenvalue weighted by atomic mass is 19.1. The number of fused-ring (bicyclic) bond motifs is 1. The number of hydrogen-bond donors (Lipinski definition) is 1. The van der Waals surface area contributed by atoms with Crippen LogP contribution in [0, 0.1) is 5.82 Å². The van der Waals surface area contributed by atoms with Crippen molar-refractivity contribution in [2.45, 2.75) is 25.4 Å². The van der Waals surface area contributed by atoms with Crippen LogP contribution in [0.1, 0.15) is 19.3 Å². The Morgan fingerprint density at radius 3 is 3.00 bits per heavy atom. The Balaban J connectivity index is 1.72. The molecular formula is C17H21FN4O3. The minimum Gasteiger partial charge on any atom is -0.372 e. The number of anilines is 1. The van der Waals surface area contributed by atoms with Crippen LogP contribution in [0.5, 0.6) is 0 Å². The van der Waals surface area contributed by atoms with E-state index in [4.69, 9.17) is 4.74 Å². The number of nitrogens with one attached hydrogen (secondary N) is 1. The molecular weight excluding hydrogens is 327 g/mol. The molecule has 0 aliphatic carbocycles. The number of halogens is 1. The number of imidazole rings is 1. The second-order valence-electron chi connectivity index (χ2n) is 6.16. The third-order valence-corrected chi connectivity index (χ3v) is 4.44. The number of carbonyl (C=O) groups excluding carboxylic acids is 2. The first-order valence-electron chi connectivity index (χ1n) is 8.23. The number of aryl methyl sites for hydroxylation is 1. The fraction of sp³-hybridized carbons (Fsp3) is 0.471. The predicted molar refractivity (Wildman–Crippen MR) is 90.5 cm³/mol. The van der Waals surface area contributed by atoms with Crippen LogP contribution >= 0.6 is 0 Å². The summed E-state index contributed by atoms with van der Waals surface area (Å²) in [5.41, 5.74) is 1.17. The van der Waals surface area contributed by atoms with Crippen LogP contribution < -0.4 is 5.32 Å². The number of aromatic nitrogens is 2. The van der Waals surface area contributed by atoms with Gasteiger partial charge in [0.25, 0.3) is 5.91 Å². The molecule has 1 aromatic heterocycles. The summed E-state index contributed by atoms with van der Waals surface area (Å²) in [5.74, 6) is -0.559. The molecule has 2 amide bonds. The van der Waals surface area contributed by atoms with Crippen molar-refractivity contribution in [3.05, 3.63) is 24.0 Å². The van der Waals surface area contributed by atoms with Crippen LogP contribution in [0.4, 0.5) is 10.3 Å². The minimum atomic E-state index is -0.492. The Labute approximate surface area is 144 Å². The Kier molecular flexibility index (Phi) is 4.98. The Morgan fingerprint density at radius 2 is 2.24 bits per heavy atom. The summed E-state index contributed by atoms with van der Waals surface area (Å²) < 4.78 is 20.2. The number of amides is 2. The van der Waals surface area contributed by atoms with Gasteiger partial charge in [-0.05, 0) is 37.5 Å². The van der Waals surface area contributed by atoms with E-state index in [1.807, 2.05) is 0 Å². The molecule has 25 heavy (non-hydrogen) atoms. The monoisotopic (exact) mass is 348 g/mol. The number of hydrogen-bond acceptors (Lipinski definition) is 4. The summed E-state index contributed by atoms with van der Waals surface area (Å²) in [4.78, 5) is 30.5. The highest BCUT2D eigenvalue weighted by Crippen LogP contribution is 2.19. The van der Waals surface area contributed by atoms with Crippen molar-refractivity contribution in [3.8, 4) is 0 Å². The number of ether oxygens (including phenoxy) is 1. The molecule has 8 heteroatoms. The molecule has 2 heterocycles. The van der Waals surface area contributed by atoms with Crippen LogP contribution in [0.25, 0.3) is 11.0 Å². The van der Waals surface area contributed by atoms with Crippen molar-refractivity contribution < 1.29 is 18.7 Å². The van der Waals surface area contributed by atoms with Gasteiger partial charge in [0, 0.05) is 20.7 Å². The molecule has 2 aromatic rings. The molecule has 1 aliphatic rings. The second-order valence-corrected chi connectivity index (χ2v) is 6.16. The first-order chi connectivity index (χ1) is 12.0. The zero-order valence-corrected chi connectivity index (χ0v) is 14.3. The number of nitrogens with zero attached hydrogens (tertiary/aromatic N) is 3. The second kappa shape index (κ2) is 7.18. The van der Waals surface area contributed by atoms with Gasteiger partial charge in [-0.1, -0.05) is 0 Å². The van der Waals surface area contributed by atoms with Gasteiger partial charge in [-0.25, -0.2) is 9.37 Å². The van der Waals surface area contributed by atoms with Crippen LogP contribution in [0.3, 0.4) is 0 Å². The molecule has 1 aromatic carbocycles. The standard InChI is InChI=1S/C17H21FN4O3/c1-21-13-9-11(18)6-7-12(13)19-17(21)20-15(23)10-22-8-4-3-5-14(25-2)16(22)24/h6-7,9,14H,3-5,8,10H2,1-2H3,(H,19,20,23). The molecule has 0 bridgehead atoms. The topological polar surface area (TPSA) is 76.5 Å². The smallest absolute Gasteiger partial charge is 0.252 e. The van der Waals surface area contributed by atoms with E-state index in [1.54, 1.807) is 17.7 Å². The zero-order chi connectivity index (χ0) is 18.0. The summed E-state index contributed by atoms with van der Waals surface area (Å²) in [6.07, 6.45) is 1.90. The highest BCUT2D eigenvalue weighted by Gasteiger charge is 2.28. The summed E-state index contributed by atoms with van der Waals surface area (Å²) in [5, 5.41) is 2.70. The normalized spacial score (nSPS) is 18.4. The maximum Gasteiger partial charge on any atom is 0.252 e. The van der Waals surface area contributed by atoms with E-state index in [0.29, 0.717) is 29.9 Å². The van der Waals surface area contributed by atoms with Crippen molar-refractivity contribution in [2.24, 2.45) is 7.05 Å². The molecule has 1 aliphatic heterocycles. The average molecular weight is 348 g/mol. The molecule has 1 atom stereocenters. The number of methoxy groups -OCH3 is 1. The Bertz CT molecular complexity index is 805. The van der Waals surface area contributed by atoms with Gasteiger partial charge in [0.2, 0.25) is 11.9 Å². The molecule has 1 N–H and O–H groups in total. The molecule has 0 saturated carbocycles. The van der Waals surface area contributed by atoms with E-state index >= 15 is 0 Å². The lowest BCUT2D eigenvalue weighted by molar-refractivity contribution is -0.143. The van der Waals surface area contributed by atoms with Crippen LogP contribution in [-0.4, -0.2) is 52.6 Å². The molecule has 134 valence electrons. The third kappa shape index (κ3) is 3.63. The van der Waals surface area contributed by atoms with Crippen LogP contribution in [-0.2, 0) is 21.4 Å². The van der Waals surface area contributed by atoms with Gasteiger partial charge in [-0.2, -0.15) is 0 Å². The zero-order valence-electron chi connectivity index (χ0n) is 14.3. The fourth-order valence-electron chi connectivity index (χ4n) is 3.06. The summed E-state index contributed by atoms with van der Waals surface area (Å²) >= 11 is 0. The molecule has 1 fully saturated rings. The maximum atomic E-state index is 13.4. The highest BCUT2D eigenvalue weighted by molar-refractivity contribution is 5.95. The molecule has 1 unspecified atom stereocenters. The van der Waals surface area contributed by atoms with E-state index in [2.05, 4.69) is 10.3 Å². The molecule has 7 nitrogen and oxygen atoms in total. The van der Waals surface area contributed by atoms with Crippen molar-refractivity contribution in [1.29, 1.82) is 0 Å². The van der Waals surface area contributed by atoms with Crippen LogP contribution in [0.2, 0.25) is 0 Å². The van der Waals surface area contributed by atoms with Gasteiger partial charge < -0.3 is 14.2 Å². The largest absolute Gasteiger partial charge is 0.372 e. The van der Waals surface area contributed by atoms with Crippen molar-refractivity contribution >= 4 is 28.8 Å². The molecule has 0 spiro atoms. The number of rotatable bonds is 4. The summed E-state index contributed by atoms with van der Waals surface area (Å²) in [6, 6.07) is 4.24. The van der Waals surface area contributed by atoms with Gasteiger partial charge in [-0.15, -0.1) is 0 Å². The quantitative estimate of drug-likeness (QED) is 0.912. The van der Waals surface area contributed by atoms with Gasteiger partial charge >= 0.3 is 0 Å². The van der Waals surface area contributed by atoms with E-state index < -0.39 is 6.10 Å². The molecule has 3 rings (SSSR count). The van der Waals surface area contributed by atoms with Crippen molar-refractivity contribution in [3.63, 3.8) is 0 Å². The van der Waals surface area contributed by atoms with Crippen molar-refractivity contribution in [2.75, 3.05) is 25.5 Å². The van der Waals surface area contributed by atoms with Gasteiger partial charge in [0.15, 0.2) is 0 Å². The van der Waals surface area contributed by atoms with Gasteiger partial charge in [0.1, 0.15) is 18.5 Å².